The Morgan fingerprint density at radius 2 is 2.18 bits per heavy atom. The Morgan fingerprint density at radius 3 is 2.88 bits per heavy atom. The highest BCUT2D eigenvalue weighted by molar-refractivity contribution is 9.10. The van der Waals surface area contributed by atoms with Crippen LogP contribution in [0.2, 0.25) is 0 Å². The summed E-state index contributed by atoms with van der Waals surface area (Å²) in [6.45, 7) is 4.55. The molecule has 0 amide bonds. The third-order valence-electron chi connectivity index (χ3n) is 3.39. The van der Waals surface area contributed by atoms with Crippen LogP contribution in [0.3, 0.4) is 0 Å². The Bertz CT molecular complexity index is 580. The Kier molecular flexibility index (Phi) is 2.36. The first kappa shape index (κ1) is 11.0. The Morgan fingerprint density at radius 1 is 1.41 bits per heavy atom. The second-order valence-electron chi connectivity index (χ2n) is 5.27. The summed E-state index contributed by atoms with van der Waals surface area (Å²) < 4.78 is 0.960. The van der Waals surface area contributed by atoms with E-state index in [2.05, 4.69) is 45.1 Å². The number of hydrogen-bond donors (Lipinski definition) is 1. The van der Waals surface area contributed by atoms with Crippen molar-refractivity contribution in [2.24, 2.45) is 5.41 Å². The molecular formula is C13H14BrN3. The molecule has 1 aliphatic rings. The Hall–Kier alpha value is -1.16. The number of rotatable bonds is 2. The lowest BCUT2D eigenvalue weighted by molar-refractivity contribution is 0.631. The van der Waals surface area contributed by atoms with E-state index in [0.717, 1.165) is 21.2 Å². The lowest BCUT2D eigenvalue weighted by Crippen LogP contribution is -2.09. The largest absolute Gasteiger partial charge is 0.380 e. The average Bonchev–Trinajstić information content (AvgIpc) is 2.86. The standard InChI is InChI=1S/C13H14BrN3/c1-13(2)6-11(13)17-9-3-4-15-10-5-8(14)7-16-12(9)10/h3-5,7,11H,6H2,1-2H3,(H,15,17). The minimum atomic E-state index is 0.408. The summed E-state index contributed by atoms with van der Waals surface area (Å²) in [4.78, 5) is 8.77. The number of nitrogens with one attached hydrogen (secondary N) is 1. The van der Waals surface area contributed by atoms with E-state index in [1.807, 2.05) is 24.5 Å². The van der Waals surface area contributed by atoms with Gasteiger partial charge in [-0.25, -0.2) is 0 Å². The molecule has 1 unspecified atom stereocenters. The summed E-state index contributed by atoms with van der Waals surface area (Å²) in [6, 6.07) is 4.54. The van der Waals surface area contributed by atoms with E-state index >= 15 is 0 Å². The second kappa shape index (κ2) is 3.67. The molecule has 0 radical (unpaired) electrons. The van der Waals surface area contributed by atoms with Crippen LogP contribution in [0.5, 0.6) is 0 Å². The highest BCUT2D eigenvalue weighted by Gasteiger charge is 2.45. The molecule has 0 bridgehead atoms. The summed E-state index contributed by atoms with van der Waals surface area (Å²) in [7, 11) is 0. The van der Waals surface area contributed by atoms with Gasteiger partial charge in [-0.2, -0.15) is 0 Å². The summed E-state index contributed by atoms with van der Waals surface area (Å²) in [5, 5.41) is 3.55. The van der Waals surface area contributed by atoms with E-state index in [0.29, 0.717) is 11.5 Å². The van der Waals surface area contributed by atoms with Crippen LogP contribution in [-0.2, 0) is 0 Å². The van der Waals surface area contributed by atoms with Crippen molar-refractivity contribution in [3.63, 3.8) is 0 Å². The molecule has 0 spiro atoms. The summed E-state index contributed by atoms with van der Waals surface area (Å²) in [6.07, 6.45) is 4.86. The van der Waals surface area contributed by atoms with Gasteiger partial charge in [0.05, 0.1) is 11.2 Å². The van der Waals surface area contributed by atoms with E-state index < -0.39 is 0 Å². The maximum atomic E-state index is 4.44. The van der Waals surface area contributed by atoms with E-state index in [1.54, 1.807) is 0 Å². The third-order valence-corrected chi connectivity index (χ3v) is 3.82. The molecule has 2 aromatic rings. The first-order chi connectivity index (χ1) is 8.06. The van der Waals surface area contributed by atoms with Gasteiger partial charge in [0, 0.05) is 22.9 Å². The number of aromatic nitrogens is 2. The van der Waals surface area contributed by atoms with Gasteiger partial charge in [-0.3, -0.25) is 9.97 Å². The van der Waals surface area contributed by atoms with Crippen molar-refractivity contribution in [3.8, 4) is 0 Å². The lowest BCUT2D eigenvalue weighted by atomic mass is 10.2. The van der Waals surface area contributed by atoms with Crippen molar-refractivity contribution in [3.05, 3.63) is 29.0 Å². The van der Waals surface area contributed by atoms with E-state index in [9.17, 15) is 0 Å². The molecule has 17 heavy (non-hydrogen) atoms. The lowest BCUT2D eigenvalue weighted by Gasteiger charge is -2.10. The van der Waals surface area contributed by atoms with Crippen molar-refractivity contribution >= 4 is 32.7 Å². The minimum absolute atomic E-state index is 0.408. The number of pyridine rings is 2. The van der Waals surface area contributed by atoms with Crippen LogP contribution in [0.25, 0.3) is 11.0 Å². The van der Waals surface area contributed by atoms with E-state index in [4.69, 9.17) is 0 Å². The first-order valence-corrected chi connectivity index (χ1v) is 6.52. The zero-order chi connectivity index (χ0) is 12.0. The highest BCUT2D eigenvalue weighted by atomic mass is 79.9. The van der Waals surface area contributed by atoms with E-state index in [-0.39, 0.29) is 0 Å². The second-order valence-corrected chi connectivity index (χ2v) is 6.19. The fourth-order valence-electron chi connectivity index (χ4n) is 2.02. The summed E-state index contributed by atoms with van der Waals surface area (Å²) in [5.74, 6) is 0. The molecule has 0 saturated heterocycles. The molecule has 1 atom stereocenters. The van der Waals surface area contributed by atoms with E-state index in [1.165, 1.54) is 6.42 Å². The topological polar surface area (TPSA) is 37.8 Å². The SMILES string of the molecule is CC1(C)CC1Nc1ccnc2cc(Br)cnc12. The maximum Gasteiger partial charge on any atom is 0.112 e. The Balaban J connectivity index is 1.99. The summed E-state index contributed by atoms with van der Waals surface area (Å²) in [5.41, 5.74) is 3.35. The highest BCUT2D eigenvalue weighted by Crippen LogP contribution is 2.46. The molecule has 1 fully saturated rings. The fourth-order valence-corrected chi connectivity index (χ4v) is 2.34. The molecule has 3 nitrogen and oxygen atoms in total. The zero-order valence-corrected chi connectivity index (χ0v) is 11.5. The van der Waals surface area contributed by atoms with Crippen LogP contribution < -0.4 is 5.32 Å². The summed E-state index contributed by atoms with van der Waals surface area (Å²) >= 11 is 3.42. The van der Waals surface area contributed by atoms with Gasteiger partial charge in [0.1, 0.15) is 5.52 Å². The molecule has 1 saturated carbocycles. The maximum absolute atomic E-state index is 4.44. The average molecular weight is 292 g/mol. The molecule has 88 valence electrons. The van der Waals surface area contributed by atoms with Crippen molar-refractivity contribution < 1.29 is 0 Å². The number of nitrogens with zero attached hydrogens (tertiary/aromatic N) is 2. The van der Waals surface area contributed by atoms with Gasteiger partial charge in [-0.05, 0) is 39.9 Å². The number of hydrogen-bond acceptors (Lipinski definition) is 3. The van der Waals surface area contributed by atoms with Gasteiger partial charge in [0.15, 0.2) is 0 Å². The predicted molar refractivity (Wildman–Crippen MR) is 73.0 cm³/mol. The van der Waals surface area contributed by atoms with Crippen molar-refractivity contribution in [1.82, 2.24) is 9.97 Å². The van der Waals surface area contributed by atoms with Crippen LogP contribution in [-0.4, -0.2) is 16.0 Å². The molecule has 4 heteroatoms. The van der Waals surface area contributed by atoms with Gasteiger partial charge in [0.2, 0.25) is 0 Å². The van der Waals surface area contributed by atoms with Gasteiger partial charge in [-0.1, -0.05) is 13.8 Å². The first-order valence-electron chi connectivity index (χ1n) is 5.73. The van der Waals surface area contributed by atoms with Crippen LogP contribution in [0.1, 0.15) is 20.3 Å². The predicted octanol–water partition coefficient (Wildman–Crippen LogP) is 3.60. The minimum Gasteiger partial charge on any atom is -0.380 e. The van der Waals surface area contributed by atoms with Gasteiger partial charge in [-0.15, -0.1) is 0 Å². The van der Waals surface area contributed by atoms with Crippen LogP contribution in [0.4, 0.5) is 5.69 Å². The molecule has 0 aliphatic heterocycles. The quantitative estimate of drug-likeness (QED) is 0.919. The normalized spacial score (nSPS) is 21.5. The number of halogens is 1. The molecule has 1 aliphatic carbocycles. The van der Waals surface area contributed by atoms with Crippen LogP contribution in [0, 0.1) is 5.41 Å². The monoisotopic (exact) mass is 291 g/mol. The molecule has 2 heterocycles. The van der Waals surface area contributed by atoms with Gasteiger partial charge < -0.3 is 5.32 Å². The Labute approximate surface area is 109 Å². The van der Waals surface area contributed by atoms with Crippen molar-refractivity contribution in [1.29, 1.82) is 0 Å². The number of fused-ring (bicyclic) bond motifs is 1. The number of anilines is 1. The fraction of sp³-hybridized carbons (Fsp3) is 0.385. The van der Waals surface area contributed by atoms with Crippen molar-refractivity contribution in [2.75, 3.05) is 5.32 Å². The molecule has 0 aromatic carbocycles. The molecule has 1 N–H and O–H groups in total. The van der Waals surface area contributed by atoms with Gasteiger partial charge >= 0.3 is 0 Å². The van der Waals surface area contributed by atoms with Crippen molar-refractivity contribution in [2.45, 2.75) is 26.3 Å². The third kappa shape index (κ3) is 2.02. The van der Waals surface area contributed by atoms with Gasteiger partial charge in [0.25, 0.3) is 0 Å². The smallest absolute Gasteiger partial charge is 0.112 e. The molecule has 3 rings (SSSR count). The zero-order valence-electron chi connectivity index (χ0n) is 9.87. The molecular weight excluding hydrogens is 278 g/mol. The van der Waals surface area contributed by atoms with Crippen LogP contribution in [0.15, 0.2) is 29.0 Å². The van der Waals surface area contributed by atoms with Crippen LogP contribution >= 0.6 is 15.9 Å². The molecule has 2 aromatic heterocycles.